The SMILES string of the molecule is CC(C)(C)c1cc(N2c3cccc4c3C3(c5c2cccc5-n2cc(-c5ccc(-c6ccccc6)cc5)c[n+]23)[n+]2ccccc2O4)cc(C(C)(C)C)c1.C[n+]1ccn2c1-c1cccc3c1C21c2c(cccc2-n2cc(-c4cccc(-c5ccccc5)c4)c[n+]21)O3.Cc1cc(C)[n+]2n1-c1cccc3c1C21c2c(cccc2-n2cc(-c4cccc(-c5ccccc5)c4)c[n+]21)O3. The second-order valence-corrected chi connectivity index (χ2v) is 37.0. The molecule has 0 saturated heterocycles. The highest BCUT2D eigenvalue weighted by Gasteiger charge is 2.76. The van der Waals surface area contributed by atoms with E-state index in [0.29, 0.717) is 0 Å². The predicted molar refractivity (Wildman–Crippen MR) is 491 cm³/mol. The summed E-state index contributed by atoms with van der Waals surface area (Å²) in [5.41, 5.74) is 34.0. The minimum absolute atomic E-state index is 0.0217. The van der Waals surface area contributed by atoms with Crippen molar-refractivity contribution in [2.24, 2.45) is 7.05 Å². The monoisotopic (exact) mass is 1650 g/mol. The van der Waals surface area contributed by atoms with Crippen molar-refractivity contribution in [2.75, 3.05) is 4.90 Å². The number of aromatic nitrogens is 11. The smallest absolute Gasteiger partial charge is 0.456 e. The first-order chi connectivity index (χ1) is 61.9. The molecular weight excluding hydrogens is 1560 g/mol. The van der Waals surface area contributed by atoms with Crippen LogP contribution in [0.25, 0.3) is 101 Å². The second-order valence-electron chi connectivity index (χ2n) is 37.0. The van der Waals surface area contributed by atoms with Crippen molar-refractivity contribution >= 4 is 17.1 Å². The summed E-state index contributed by atoms with van der Waals surface area (Å²) >= 11 is 0. The third kappa shape index (κ3) is 9.85. The van der Waals surface area contributed by atoms with Gasteiger partial charge in [0.05, 0.1) is 71.0 Å². The lowest BCUT2D eigenvalue weighted by molar-refractivity contribution is -1.02. The van der Waals surface area contributed by atoms with Crippen LogP contribution < -0.4 is 47.0 Å². The normalized spacial score (nSPS) is 16.8. The van der Waals surface area contributed by atoms with Crippen LogP contribution in [0.3, 0.4) is 0 Å². The molecule has 15 heteroatoms. The van der Waals surface area contributed by atoms with E-state index in [4.69, 9.17) is 14.2 Å². The first-order valence-electron chi connectivity index (χ1n) is 43.9. The number of aryl methyl sites for hydroxylation is 3. The van der Waals surface area contributed by atoms with Gasteiger partial charge in [-0.2, -0.15) is 4.57 Å². The van der Waals surface area contributed by atoms with Gasteiger partial charge in [0.15, 0.2) is 34.2 Å². The van der Waals surface area contributed by atoms with E-state index >= 15 is 0 Å². The minimum Gasteiger partial charge on any atom is -0.456 e. The maximum Gasteiger partial charge on any atom is 0.469 e. The molecular formula is C112H88N12O3+6. The van der Waals surface area contributed by atoms with Crippen LogP contribution in [-0.2, 0) is 34.9 Å². The number of fused-ring (bicyclic) bond motifs is 11. The van der Waals surface area contributed by atoms with Gasteiger partial charge in [0.1, 0.15) is 69.3 Å². The summed E-state index contributed by atoms with van der Waals surface area (Å²) < 4.78 is 45.9. The first-order valence-corrected chi connectivity index (χ1v) is 43.9. The van der Waals surface area contributed by atoms with Gasteiger partial charge in [0.25, 0.3) is 5.82 Å². The Morgan fingerprint density at radius 1 is 0.323 bits per heavy atom. The van der Waals surface area contributed by atoms with E-state index in [9.17, 15) is 0 Å². The first kappa shape index (κ1) is 72.9. The number of anilines is 3. The maximum atomic E-state index is 6.80. The average Bonchev–Trinajstić information content (AvgIpc) is 1.52. The molecule has 19 aromatic rings. The Morgan fingerprint density at radius 2 is 0.732 bits per heavy atom. The van der Waals surface area contributed by atoms with Gasteiger partial charge in [0, 0.05) is 24.7 Å². The van der Waals surface area contributed by atoms with Gasteiger partial charge < -0.3 is 19.1 Å². The third-order valence-corrected chi connectivity index (χ3v) is 27.7. The molecule has 0 amide bonds. The molecule has 28 rings (SSSR count). The third-order valence-electron chi connectivity index (χ3n) is 27.7. The molecule has 13 aromatic carbocycles. The number of hydrogen-bond donors (Lipinski definition) is 0. The number of hydrogen-bond acceptors (Lipinski definition) is 4. The number of benzene rings is 13. The lowest BCUT2D eigenvalue weighted by atomic mass is 9.79. The molecule has 127 heavy (non-hydrogen) atoms. The molecule has 3 atom stereocenters. The van der Waals surface area contributed by atoms with Gasteiger partial charge in [-0.05, 0) is 196 Å². The summed E-state index contributed by atoms with van der Waals surface area (Å²) in [4.78, 5) is 2.48. The van der Waals surface area contributed by atoms with Crippen molar-refractivity contribution in [1.29, 1.82) is 0 Å². The fourth-order valence-corrected chi connectivity index (χ4v) is 22.2. The molecule has 0 radical (unpaired) electrons. The molecule has 0 fully saturated rings. The molecule has 6 aromatic heterocycles. The Morgan fingerprint density at radius 3 is 1.31 bits per heavy atom. The highest BCUT2D eigenvalue weighted by Crippen LogP contribution is 2.62. The standard InChI is InChI=1S/C47H42N4O.C33H24N4O.C32H22N4O/c1-45(2,3)35-26-36(46(4,5)6)28-37(27-35)51-39-17-12-16-38-43(39)47(44-40(51)18-13-19-41(44)52-42-20-10-11-25-48(42)47)50-30-34(29-49(38)50)33-23-21-32(22-24-33)31-14-8-7-9-15-31;1-21-17-22(2)37-33-31-27(13-7-15-29(31)38-30-16-8-14-28(32(30)33)36(21)37)34-19-26(20-35(33)34)25-12-6-11-24(18-25)23-9-4-3-5-10-23;1-33-16-17-34-31(33)25-12-6-14-27-29(25)32(34)30-26(13-7-15-28(30)37-27)35-19-24(20-36(32)35)23-11-5-10-22(18-23)21-8-3-2-4-9-21/h7-30H,1-6H3;3-20H,1-2H3;2-20H,1H3/q3*+2. The van der Waals surface area contributed by atoms with Gasteiger partial charge >= 0.3 is 22.9 Å². The van der Waals surface area contributed by atoms with E-state index in [1.807, 2.05) is 0 Å². The van der Waals surface area contributed by atoms with E-state index in [1.54, 1.807) is 0 Å². The number of imidazole rings is 1. The fraction of sp³-hybridized carbons (Fsp3) is 0.125. The molecule has 15 heterocycles. The Bertz CT molecular complexity index is 7920. The van der Waals surface area contributed by atoms with Gasteiger partial charge in [-0.25, -0.2) is 4.57 Å². The minimum atomic E-state index is -0.722. The van der Waals surface area contributed by atoms with E-state index < -0.39 is 17.0 Å². The maximum absolute atomic E-state index is 6.80. The number of nitrogens with zero attached hydrogens (tertiary/aromatic N) is 12. The van der Waals surface area contributed by atoms with Crippen molar-refractivity contribution in [3.63, 3.8) is 0 Å². The zero-order valence-corrected chi connectivity index (χ0v) is 71.8. The summed E-state index contributed by atoms with van der Waals surface area (Å²) in [6.45, 7) is 18.2. The van der Waals surface area contributed by atoms with E-state index in [2.05, 4.69) is 490 Å². The second kappa shape index (κ2) is 25.9. The molecule has 0 saturated carbocycles. The molecule has 15 nitrogen and oxygen atoms in total. The van der Waals surface area contributed by atoms with Crippen LogP contribution in [0.2, 0.25) is 0 Å². The lowest BCUT2D eigenvalue weighted by Gasteiger charge is -2.39. The molecule has 9 aliphatic heterocycles. The van der Waals surface area contributed by atoms with Crippen LogP contribution in [-0.4, -0.2) is 23.3 Å². The molecule has 9 aliphatic rings. The van der Waals surface area contributed by atoms with Crippen LogP contribution in [0.5, 0.6) is 34.6 Å². The summed E-state index contributed by atoms with van der Waals surface area (Å²) in [5.74, 6) is 6.51. The van der Waals surface area contributed by atoms with Crippen molar-refractivity contribution < 1.29 is 42.1 Å². The number of pyridine rings is 1. The van der Waals surface area contributed by atoms with Crippen LogP contribution in [0.4, 0.5) is 17.1 Å². The van der Waals surface area contributed by atoms with Gasteiger partial charge in [-0.3, -0.25) is 0 Å². The van der Waals surface area contributed by atoms with Crippen LogP contribution in [0, 0.1) is 13.8 Å². The highest BCUT2D eigenvalue weighted by molar-refractivity contribution is 5.90. The van der Waals surface area contributed by atoms with E-state index in [-0.39, 0.29) is 10.8 Å². The summed E-state index contributed by atoms with van der Waals surface area (Å²) in [7, 11) is 2.12. The zero-order valence-electron chi connectivity index (χ0n) is 71.8. The quantitative estimate of drug-likeness (QED) is 0.149. The van der Waals surface area contributed by atoms with E-state index in [0.717, 1.165) is 74.2 Å². The zero-order chi connectivity index (χ0) is 85.0. The van der Waals surface area contributed by atoms with Crippen LogP contribution >= 0.6 is 0 Å². The molecule has 0 N–H and O–H groups in total. The van der Waals surface area contributed by atoms with Crippen LogP contribution in [0.15, 0.2) is 371 Å². The Balaban J connectivity index is 0.000000103. The topological polar surface area (TPSA) is 78.9 Å². The van der Waals surface area contributed by atoms with Crippen molar-refractivity contribution in [2.45, 2.75) is 83.2 Å². The Labute approximate surface area is 735 Å². The predicted octanol–water partition coefficient (Wildman–Crippen LogP) is 21.7. The van der Waals surface area contributed by atoms with Gasteiger partial charge in [0.2, 0.25) is 24.3 Å². The van der Waals surface area contributed by atoms with Crippen molar-refractivity contribution in [3.8, 4) is 136 Å². The summed E-state index contributed by atoms with van der Waals surface area (Å²) in [6, 6.07) is 113. The number of rotatable bonds is 7. The largest absolute Gasteiger partial charge is 0.469 e. The molecule has 608 valence electrons. The fourth-order valence-electron chi connectivity index (χ4n) is 22.2. The molecule has 3 spiro atoms. The Kier molecular flexibility index (Phi) is 14.9. The number of ether oxygens (including phenoxy) is 3. The molecule has 0 aliphatic carbocycles. The Hall–Kier alpha value is -15.7. The van der Waals surface area contributed by atoms with Gasteiger partial charge in [-0.1, -0.05) is 245 Å². The van der Waals surface area contributed by atoms with Crippen LogP contribution in [0.1, 0.15) is 97.4 Å². The molecule has 3 unspecified atom stereocenters. The van der Waals surface area contributed by atoms with Gasteiger partial charge in [-0.15, -0.1) is 18.7 Å². The van der Waals surface area contributed by atoms with Crippen molar-refractivity contribution in [3.05, 3.63) is 427 Å². The summed E-state index contributed by atoms with van der Waals surface area (Å²) in [6.07, 6.45) is 20.3. The van der Waals surface area contributed by atoms with Crippen molar-refractivity contribution in [1.82, 2.24) is 23.3 Å². The lowest BCUT2D eigenvalue weighted by Crippen LogP contribution is -2.76. The average molecular weight is 1650 g/mol. The highest BCUT2D eigenvalue weighted by atomic mass is 16.5. The summed E-state index contributed by atoms with van der Waals surface area (Å²) in [5, 5.41) is 0. The molecule has 0 bridgehead atoms. The van der Waals surface area contributed by atoms with E-state index in [1.165, 1.54) is 134 Å².